The van der Waals surface area contributed by atoms with Crippen molar-refractivity contribution in [2.75, 3.05) is 20.2 Å². The molecule has 0 aliphatic rings. The van der Waals surface area contributed by atoms with Gasteiger partial charge in [-0.1, -0.05) is 56.3 Å². The number of hydrogen-bond donors (Lipinski definition) is 0. The van der Waals surface area contributed by atoms with Crippen LogP contribution < -0.4 is 0 Å². The molecule has 2 unspecified atom stereocenters. The number of carbonyl (C=O) groups is 2. The highest BCUT2D eigenvalue weighted by atomic mass is 35.5. The molecule has 2 aromatic rings. The molecule has 2 atom stereocenters. The zero-order chi connectivity index (χ0) is 24.8. The van der Waals surface area contributed by atoms with Crippen molar-refractivity contribution in [3.8, 4) is 0 Å². The first-order valence-corrected chi connectivity index (χ1v) is 10.8. The molecule has 0 heterocycles. The van der Waals surface area contributed by atoms with Crippen LogP contribution in [0.2, 0.25) is 0 Å². The summed E-state index contributed by atoms with van der Waals surface area (Å²) in [6.45, 7) is 6.31. The van der Waals surface area contributed by atoms with Gasteiger partial charge in [-0.3, -0.25) is 19.7 Å². The molecule has 2 aromatic carbocycles. The number of ketones is 1. The first-order chi connectivity index (χ1) is 15.4. The summed E-state index contributed by atoms with van der Waals surface area (Å²) in [4.78, 5) is 37.2. The van der Waals surface area contributed by atoms with E-state index in [0.717, 1.165) is 18.6 Å². The quantitative estimate of drug-likeness (QED) is 0.150. The molecule has 0 aliphatic carbocycles. The van der Waals surface area contributed by atoms with Gasteiger partial charge in [0, 0.05) is 30.1 Å². The molecular formula is C24H28ClFN2O5. The summed E-state index contributed by atoms with van der Waals surface area (Å²) in [6.07, 6.45) is 0. The van der Waals surface area contributed by atoms with Crippen LogP contribution in [0.5, 0.6) is 0 Å². The number of hydrogen-bond acceptors (Lipinski definition) is 6. The predicted octanol–water partition coefficient (Wildman–Crippen LogP) is 4.92. The van der Waals surface area contributed by atoms with E-state index in [1.165, 1.54) is 12.1 Å². The van der Waals surface area contributed by atoms with Gasteiger partial charge in [-0.15, -0.1) is 11.6 Å². The number of benzene rings is 2. The normalized spacial score (nSPS) is 13.4. The number of esters is 1. The Morgan fingerprint density at radius 2 is 1.82 bits per heavy atom. The van der Waals surface area contributed by atoms with Crippen molar-refractivity contribution in [3.63, 3.8) is 0 Å². The van der Waals surface area contributed by atoms with Crippen LogP contribution in [0, 0.1) is 27.3 Å². The first-order valence-electron chi connectivity index (χ1n) is 10.4. The molecule has 0 bridgehead atoms. The molecule has 178 valence electrons. The second-order valence-electron chi connectivity index (χ2n) is 8.86. The van der Waals surface area contributed by atoms with Crippen LogP contribution in [0.1, 0.15) is 37.3 Å². The molecule has 9 heteroatoms. The molecule has 0 radical (unpaired) electrons. The number of ether oxygens (including phenoxy) is 1. The molecule has 0 amide bonds. The third-order valence-electron chi connectivity index (χ3n) is 5.08. The molecule has 0 N–H and O–H groups in total. The van der Waals surface area contributed by atoms with E-state index in [-0.39, 0.29) is 12.2 Å². The van der Waals surface area contributed by atoms with Gasteiger partial charge in [-0.05, 0) is 19.5 Å². The van der Waals surface area contributed by atoms with Crippen molar-refractivity contribution in [2.24, 2.45) is 11.3 Å². The van der Waals surface area contributed by atoms with Crippen LogP contribution >= 0.6 is 11.6 Å². The highest BCUT2D eigenvalue weighted by Crippen LogP contribution is 2.35. The van der Waals surface area contributed by atoms with Gasteiger partial charge >= 0.3 is 11.7 Å². The molecular weight excluding hydrogens is 451 g/mol. The Kier molecular flexibility index (Phi) is 9.07. The van der Waals surface area contributed by atoms with Crippen LogP contribution in [-0.4, -0.2) is 41.8 Å². The number of Topliss-reactive ketones (excluding diaryl/α,β-unsaturated/α-hetero) is 1. The fourth-order valence-corrected chi connectivity index (χ4v) is 4.09. The smallest absolute Gasteiger partial charge is 0.318 e. The summed E-state index contributed by atoms with van der Waals surface area (Å²) in [5, 5.41) is 9.56. The summed E-state index contributed by atoms with van der Waals surface area (Å²) >= 11 is 6.28. The first kappa shape index (κ1) is 26.4. The number of alkyl halides is 1. The largest absolute Gasteiger partial charge is 0.464 e. The van der Waals surface area contributed by atoms with Crippen molar-refractivity contribution < 1.29 is 23.6 Å². The van der Waals surface area contributed by atoms with E-state index in [4.69, 9.17) is 16.3 Å². The van der Waals surface area contributed by atoms with Gasteiger partial charge in [-0.2, -0.15) is 4.39 Å². The highest BCUT2D eigenvalue weighted by molar-refractivity contribution is 6.24. The Bertz CT molecular complexity index is 1000. The zero-order valence-electron chi connectivity index (χ0n) is 19.1. The maximum absolute atomic E-state index is 14.6. The van der Waals surface area contributed by atoms with Gasteiger partial charge < -0.3 is 9.64 Å². The standard InChI is InChI=1S/C24H28ClFN2O5/c1-16(29)20(21(25)18-11-8-12-19(22(18)26)28(31)32)23(30)33-15-24(2,3)14-27(4)13-17-9-6-5-7-10-17/h5-12,20-21H,13-15H2,1-4H3. The second-order valence-corrected chi connectivity index (χ2v) is 9.33. The van der Waals surface area contributed by atoms with E-state index >= 15 is 0 Å². The predicted molar refractivity (Wildman–Crippen MR) is 123 cm³/mol. The third kappa shape index (κ3) is 7.33. The molecule has 33 heavy (non-hydrogen) atoms. The SMILES string of the molecule is CC(=O)C(C(=O)OCC(C)(C)CN(C)Cc1ccccc1)C(Cl)c1cccc([N+](=O)[O-])c1F. The lowest BCUT2D eigenvalue weighted by molar-refractivity contribution is -0.387. The van der Waals surface area contributed by atoms with Gasteiger partial charge in [0.25, 0.3) is 0 Å². The second kappa shape index (κ2) is 11.3. The molecule has 0 fully saturated rings. The van der Waals surface area contributed by atoms with Gasteiger partial charge in [-0.25, -0.2) is 0 Å². The number of halogens is 2. The minimum Gasteiger partial charge on any atom is -0.464 e. The molecule has 0 spiro atoms. The van der Waals surface area contributed by atoms with E-state index in [9.17, 15) is 24.1 Å². The van der Waals surface area contributed by atoms with Crippen LogP contribution in [0.3, 0.4) is 0 Å². The van der Waals surface area contributed by atoms with Gasteiger partial charge in [0.15, 0.2) is 0 Å². The van der Waals surface area contributed by atoms with E-state index < -0.39 is 44.9 Å². The van der Waals surface area contributed by atoms with Crippen molar-refractivity contribution in [1.82, 2.24) is 4.90 Å². The summed E-state index contributed by atoms with van der Waals surface area (Å²) < 4.78 is 20.0. The Balaban J connectivity index is 2.07. The molecule has 0 saturated heterocycles. The number of nitro benzene ring substituents is 1. The van der Waals surface area contributed by atoms with E-state index in [2.05, 4.69) is 4.90 Å². The number of rotatable bonds is 11. The average molecular weight is 479 g/mol. The monoisotopic (exact) mass is 478 g/mol. The summed E-state index contributed by atoms with van der Waals surface area (Å²) in [5.74, 6) is -4.19. The van der Waals surface area contributed by atoms with Crippen LogP contribution in [0.15, 0.2) is 48.5 Å². The fourth-order valence-electron chi connectivity index (χ4n) is 3.65. The average Bonchev–Trinajstić information content (AvgIpc) is 2.72. The van der Waals surface area contributed by atoms with Crippen molar-refractivity contribution in [1.29, 1.82) is 0 Å². The Morgan fingerprint density at radius 3 is 2.39 bits per heavy atom. The number of carbonyl (C=O) groups excluding carboxylic acids is 2. The molecule has 0 saturated carbocycles. The topological polar surface area (TPSA) is 89.8 Å². The Morgan fingerprint density at radius 1 is 1.18 bits per heavy atom. The number of nitrogens with zero attached hydrogens (tertiary/aromatic N) is 2. The number of nitro groups is 1. The molecule has 2 rings (SSSR count). The minimum absolute atomic E-state index is 0.00969. The van der Waals surface area contributed by atoms with Gasteiger partial charge in [0.05, 0.1) is 16.9 Å². The van der Waals surface area contributed by atoms with Crippen molar-refractivity contribution >= 4 is 29.0 Å². The summed E-state index contributed by atoms with van der Waals surface area (Å²) in [5.41, 5.74) is -0.381. The lowest BCUT2D eigenvalue weighted by Gasteiger charge is -2.30. The van der Waals surface area contributed by atoms with Crippen LogP contribution in [0.4, 0.5) is 10.1 Å². The Labute approximate surface area is 197 Å². The van der Waals surface area contributed by atoms with Crippen LogP contribution in [-0.2, 0) is 20.9 Å². The maximum atomic E-state index is 14.6. The van der Waals surface area contributed by atoms with Crippen molar-refractivity contribution in [2.45, 2.75) is 32.7 Å². The highest BCUT2D eigenvalue weighted by Gasteiger charge is 2.37. The van der Waals surface area contributed by atoms with E-state index in [1.807, 2.05) is 51.2 Å². The fraction of sp³-hybridized carbons (Fsp3) is 0.417. The molecule has 0 aliphatic heterocycles. The molecule has 0 aromatic heterocycles. The maximum Gasteiger partial charge on any atom is 0.318 e. The Hall–Kier alpha value is -2.84. The zero-order valence-corrected chi connectivity index (χ0v) is 19.8. The van der Waals surface area contributed by atoms with Crippen LogP contribution in [0.25, 0.3) is 0 Å². The van der Waals surface area contributed by atoms with Crippen molar-refractivity contribution in [3.05, 3.63) is 75.6 Å². The lowest BCUT2D eigenvalue weighted by atomic mass is 9.92. The van der Waals surface area contributed by atoms with Gasteiger partial charge in [0.2, 0.25) is 5.82 Å². The van der Waals surface area contributed by atoms with E-state index in [0.29, 0.717) is 13.1 Å². The summed E-state index contributed by atoms with van der Waals surface area (Å²) in [6, 6.07) is 13.4. The lowest BCUT2D eigenvalue weighted by Crippen LogP contribution is -2.37. The van der Waals surface area contributed by atoms with Gasteiger partial charge in [0.1, 0.15) is 11.7 Å². The minimum atomic E-state index is -1.50. The molecule has 7 nitrogen and oxygen atoms in total. The third-order valence-corrected chi connectivity index (χ3v) is 5.57. The van der Waals surface area contributed by atoms with E-state index in [1.54, 1.807) is 0 Å². The summed E-state index contributed by atoms with van der Waals surface area (Å²) in [7, 11) is 1.95.